The predicted octanol–water partition coefficient (Wildman–Crippen LogP) is 3.28. The zero-order chi connectivity index (χ0) is 9.97. The van der Waals surface area contributed by atoms with E-state index in [0.29, 0.717) is 6.54 Å². The molecule has 15 heavy (non-hydrogen) atoms. The van der Waals surface area contributed by atoms with Crippen molar-refractivity contribution in [3.63, 3.8) is 0 Å². The van der Waals surface area contributed by atoms with Crippen LogP contribution in [0.1, 0.15) is 18.1 Å². The lowest BCUT2D eigenvalue weighted by Crippen LogP contribution is -2.01. The molecule has 0 bridgehead atoms. The van der Waals surface area contributed by atoms with E-state index in [4.69, 9.17) is 5.73 Å². The molecule has 0 aliphatic carbocycles. The minimum Gasteiger partial charge on any atom is -0.326 e. The molecule has 1 nitrogen and oxygen atoms in total. The number of fused-ring (bicyclic) bond motifs is 1. The molecule has 0 aliphatic rings. The fraction of sp³-hybridized carbons (Fsp3) is 0.231. The van der Waals surface area contributed by atoms with Crippen LogP contribution in [0.4, 0.5) is 0 Å². The summed E-state index contributed by atoms with van der Waals surface area (Å²) in [7, 11) is 0. The Morgan fingerprint density at radius 1 is 1.07 bits per heavy atom. The summed E-state index contributed by atoms with van der Waals surface area (Å²) in [5.41, 5.74) is 8.46. The van der Waals surface area contributed by atoms with Gasteiger partial charge in [0.05, 0.1) is 0 Å². The highest BCUT2D eigenvalue weighted by molar-refractivity contribution is 5.86. The van der Waals surface area contributed by atoms with E-state index in [2.05, 4.69) is 43.3 Å². The number of hydrogen-bond donors (Lipinski definition) is 1. The summed E-state index contributed by atoms with van der Waals surface area (Å²) in [4.78, 5) is 0. The molecule has 2 aromatic rings. The third-order valence-electron chi connectivity index (χ3n) is 2.72. The van der Waals surface area contributed by atoms with Gasteiger partial charge in [0, 0.05) is 6.54 Å². The molecule has 0 aliphatic heterocycles. The van der Waals surface area contributed by atoms with Gasteiger partial charge in [-0.25, -0.2) is 0 Å². The van der Waals surface area contributed by atoms with Gasteiger partial charge in [0.2, 0.25) is 0 Å². The molecule has 2 N–H and O–H groups in total. The highest BCUT2D eigenvalue weighted by Crippen LogP contribution is 2.22. The van der Waals surface area contributed by atoms with Crippen molar-refractivity contribution in [3.8, 4) is 0 Å². The first-order valence-corrected chi connectivity index (χ1v) is 5.06. The fourth-order valence-electron chi connectivity index (χ4n) is 1.95. The topological polar surface area (TPSA) is 26.0 Å². The number of benzene rings is 2. The highest BCUT2D eigenvalue weighted by atomic mass is 35.5. The molecular formula is C13H16ClN. The number of rotatable bonds is 2. The van der Waals surface area contributed by atoms with Crippen molar-refractivity contribution in [1.29, 1.82) is 0 Å². The zero-order valence-electron chi connectivity index (χ0n) is 8.86. The van der Waals surface area contributed by atoms with Gasteiger partial charge in [0.15, 0.2) is 0 Å². The lowest BCUT2D eigenvalue weighted by atomic mass is 9.97. The summed E-state index contributed by atoms with van der Waals surface area (Å²) in [6, 6.07) is 12.8. The smallest absolute Gasteiger partial charge is 0.0187 e. The third-order valence-corrected chi connectivity index (χ3v) is 2.72. The fourth-order valence-corrected chi connectivity index (χ4v) is 1.95. The van der Waals surface area contributed by atoms with Crippen LogP contribution in [0.2, 0.25) is 0 Å². The van der Waals surface area contributed by atoms with E-state index in [1.165, 1.54) is 21.9 Å². The van der Waals surface area contributed by atoms with E-state index in [9.17, 15) is 0 Å². The first kappa shape index (κ1) is 12.0. The number of nitrogens with two attached hydrogens (primary N) is 1. The van der Waals surface area contributed by atoms with Crippen LogP contribution < -0.4 is 5.73 Å². The van der Waals surface area contributed by atoms with Crippen LogP contribution in [0.25, 0.3) is 10.8 Å². The molecule has 0 spiro atoms. The van der Waals surface area contributed by atoms with Gasteiger partial charge < -0.3 is 5.73 Å². The van der Waals surface area contributed by atoms with E-state index in [1.807, 2.05) is 0 Å². The Kier molecular flexibility index (Phi) is 4.13. The molecule has 0 amide bonds. The second-order valence-corrected chi connectivity index (χ2v) is 3.48. The molecule has 0 heterocycles. The van der Waals surface area contributed by atoms with Gasteiger partial charge in [-0.3, -0.25) is 0 Å². The maximum absolute atomic E-state index is 5.79. The van der Waals surface area contributed by atoms with Crippen LogP contribution >= 0.6 is 12.4 Å². The van der Waals surface area contributed by atoms with Crippen molar-refractivity contribution in [1.82, 2.24) is 0 Å². The van der Waals surface area contributed by atoms with Crippen molar-refractivity contribution < 1.29 is 0 Å². The standard InChI is InChI=1S/C13H15N.ClH/c1-2-10-7-8-11-5-3-4-6-12(11)13(10)9-14;/h3-8H,2,9,14H2,1H3;1H. The second kappa shape index (κ2) is 5.15. The van der Waals surface area contributed by atoms with E-state index < -0.39 is 0 Å². The Morgan fingerprint density at radius 2 is 1.80 bits per heavy atom. The molecule has 0 fully saturated rings. The van der Waals surface area contributed by atoms with Crippen molar-refractivity contribution in [3.05, 3.63) is 47.5 Å². The van der Waals surface area contributed by atoms with Crippen molar-refractivity contribution >= 4 is 23.2 Å². The van der Waals surface area contributed by atoms with Gasteiger partial charge in [-0.15, -0.1) is 12.4 Å². The normalized spacial score (nSPS) is 10.0. The maximum Gasteiger partial charge on any atom is 0.0187 e. The number of aryl methyl sites for hydroxylation is 1. The lowest BCUT2D eigenvalue weighted by molar-refractivity contribution is 1.02. The average molecular weight is 222 g/mol. The number of hydrogen-bond acceptors (Lipinski definition) is 1. The van der Waals surface area contributed by atoms with Crippen molar-refractivity contribution in [2.24, 2.45) is 5.73 Å². The van der Waals surface area contributed by atoms with Crippen LogP contribution in [0.15, 0.2) is 36.4 Å². The summed E-state index contributed by atoms with van der Waals surface area (Å²) in [5.74, 6) is 0. The van der Waals surface area contributed by atoms with Crippen molar-refractivity contribution in [2.75, 3.05) is 0 Å². The molecule has 0 atom stereocenters. The number of halogens is 1. The summed E-state index contributed by atoms with van der Waals surface area (Å²) in [6.45, 7) is 2.80. The molecule has 2 heteroatoms. The third kappa shape index (κ3) is 2.14. The van der Waals surface area contributed by atoms with Gasteiger partial charge in [0.1, 0.15) is 0 Å². The van der Waals surface area contributed by atoms with Crippen molar-refractivity contribution in [2.45, 2.75) is 19.9 Å². The second-order valence-electron chi connectivity index (χ2n) is 3.48. The van der Waals surface area contributed by atoms with Gasteiger partial charge in [-0.05, 0) is 28.3 Å². The first-order valence-electron chi connectivity index (χ1n) is 5.06. The minimum absolute atomic E-state index is 0. The Hall–Kier alpha value is -1.05. The summed E-state index contributed by atoms with van der Waals surface area (Å²) >= 11 is 0. The molecule has 0 radical (unpaired) electrons. The summed E-state index contributed by atoms with van der Waals surface area (Å²) < 4.78 is 0. The van der Waals surface area contributed by atoms with E-state index >= 15 is 0 Å². The Labute approximate surface area is 96.7 Å². The monoisotopic (exact) mass is 221 g/mol. The molecule has 0 saturated heterocycles. The quantitative estimate of drug-likeness (QED) is 0.828. The van der Waals surface area contributed by atoms with E-state index in [0.717, 1.165) is 6.42 Å². The molecule has 0 unspecified atom stereocenters. The predicted molar refractivity (Wildman–Crippen MR) is 68.5 cm³/mol. The zero-order valence-corrected chi connectivity index (χ0v) is 9.68. The van der Waals surface area contributed by atoms with Crippen LogP contribution in [0.5, 0.6) is 0 Å². The lowest BCUT2D eigenvalue weighted by Gasteiger charge is -2.09. The van der Waals surface area contributed by atoms with Gasteiger partial charge in [-0.1, -0.05) is 43.3 Å². The Morgan fingerprint density at radius 3 is 2.47 bits per heavy atom. The van der Waals surface area contributed by atoms with Crippen LogP contribution in [-0.4, -0.2) is 0 Å². The Bertz CT molecular complexity index is 451. The highest BCUT2D eigenvalue weighted by Gasteiger charge is 2.03. The SMILES string of the molecule is CCc1ccc2ccccc2c1CN.Cl. The average Bonchev–Trinajstić information content (AvgIpc) is 2.27. The van der Waals surface area contributed by atoms with Crippen LogP contribution in [0.3, 0.4) is 0 Å². The van der Waals surface area contributed by atoms with Crippen LogP contribution in [-0.2, 0) is 13.0 Å². The Balaban J connectivity index is 0.00000112. The molecule has 80 valence electrons. The van der Waals surface area contributed by atoms with Crippen LogP contribution in [0, 0.1) is 0 Å². The summed E-state index contributed by atoms with van der Waals surface area (Å²) in [6.07, 6.45) is 1.05. The maximum atomic E-state index is 5.79. The molecular weight excluding hydrogens is 206 g/mol. The molecule has 2 aromatic carbocycles. The molecule has 0 saturated carbocycles. The minimum atomic E-state index is 0. The van der Waals surface area contributed by atoms with E-state index in [-0.39, 0.29) is 12.4 Å². The van der Waals surface area contributed by atoms with Gasteiger partial charge in [0.25, 0.3) is 0 Å². The molecule has 0 aromatic heterocycles. The molecule has 2 rings (SSSR count). The van der Waals surface area contributed by atoms with E-state index in [1.54, 1.807) is 0 Å². The summed E-state index contributed by atoms with van der Waals surface area (Å²) in [5, 5.41) is 2.58. The van der Waals surface area contributed by atoms with Gasteiger partial charge >= 0.3 is 0 Å². The van der Waals surface area contributed by atoms with Gasteiger partial charge in [-0.2, -0.15) is 0 Å². The largest absolute Gasteiger partial charge is 0.326 e. The first-order chi connectivity index (χ1) is 6.86.